The molecule has 4 heteroatoms. The number of rotatable bonds is 4. The standard InChI is InChI=1S/C16H17NO3/c1-17(2)12-9-7-11(8-10-12)15-13(16(18)19)5-4-6-14(15)20-3/h4-10H,1-3H3,(H,18,19). The lowest BCUT2D eigenvalue weighted by Crippen LogP contribution is -2.08. The number of nitrogens with zero attached hydrogens (tertiary/aromatic N) is 1. The molecule has 0 radical (unpaired) electrons. The Hall–Kier alpha value is -2.49. The Bertz CT molecular complexity index is 618. The van der Waals surface area contributed by atoms with E-state index in [-0.39, 0.29) is 5.56 Å². The highest BCUT2D eigenvalue weighted by molar-refractivity contribution is 5.98. The van der Waals surface area contributed by atoms with Crippen molar-refractivity contribution in [2.24, 2.45) is 0 Å². The molecule has 0 saturated heterocycles. The van der Waals surface area contributed by atoms with E-state index < -0.39 is 5.97 Å². The first kappa shape index (κ1) is 13.9. The van der Waals surface area contributed by atoms with Crippen LogP contribution >= 0.6 is 0 Å². The van der Waals surface area contributed by atoms with Crippen LogP contribution in [0.4, 0.5) is 5.69 Å². The second-order valence-electron chi connectivity index (χ2n) is 4.63. The topological polar surface area (TPSA) is 49.8 Å². The van der Waals surface area contributed by atoms with Gasteiger partial charge in [0.1, 0.15) is 5.75 Å². The van der Waals surface area contributed by atoms with Crippen LogP contribution in [0.25, 0.3) is 11.1 Å². The van der Waals surface area contributed by atoms with Crippen molar-refractivity contribution in [1.29, 1.82) is 0 Å². The minimum atomic E-state index is -0.962. The second kappa shape index (κ2) is 5.65. The number of ether oxygens (including phenoxy) is 1. The van der Waals surface area contributed by atoms with Crippen LogP contribution in [0.3, 0.4) is 0 Å². The van der Waals surface area contributed by atoms with Gasteiger partial charge in [0.15, 0.2) is 0 Å². The summed E-state index contributed by atoms with van der Waals surface area (Å²) in [7, 11) is 5.46. The van der Waals surface area contributed by atoms with Crippen molar-refractivity contribution in [1.82, 2.24) is 0 Å². The van der Waals surface area contributed by atoms with Crippen LogP contribution in [0.5, 0.6) is 5.75 Å². The fraction of sp³-hybridized carbons (Fsp3) is 0.188. The first-order chi connectivity index (χ1) is 9.54. The molecule has 0 heterocycles. The SMILES string of the molecule is COc1cccc(C(=O)O)c1-c1ccc(N(C)C)cc1. The molecule has 0 bridgehead atoms. The summed E-state index contributed by atoms with van der Waals surface area (Å²) in [4.78, 5) is 13.4. The number of carbonyl (C=O) groups is 1. The van der Waals surface area contributed by atoms with Gasteiger partial charge in [-0.3, -0.25) is 0 Å². The Morgan fingerprint density at radius 1 is 1.10 bits per heavy atom. The van der Waals surface area contributed by atoms with Gasteiger partial charge in [-0.1, -0.05) is 18.2 Å². The lowest BCUT2D eigenvalue weighted by Gasteiger charge is -2.15. The lowest BCUT2D eigenvalue weighted by molar-refractivity contribution is 0.0697. The molecule has 0 spiro atoms. The maximum atomic E-state index is 11.4. The van der Waals surface area contributed by atoms with Gasteiger partial charge in [-0.05, 0) is 29.8 Å². The van der Waals surface area contributed by atoms with E-state index in [2.05, 4.69) is 0 Å². The van der Waals surface area contributed by atoms with Gasteiger partial charge in [0.25, 0.3) is 0 Å². The first-order valence-electron chi connectivity index (χ1n) is 6.22. The summed E-state index contributed by atoms with van der Waals surface area (Å²) in [6.45, 7) is 0. The van der Waals surface area contributed by atoms with Crippen LogP contribution in [-0.4, -0.2) is 32.3 Å². The van der Waals surface area contributed by atoms with Crippen molar-refractivity contribution in [3.05, 3.63) is 48.0 Å². The van der Waals surface area contributed by atoms with E-state index in [1.165, 1.54) is 0 Å². The maximum Gasteiger partial charge on any atom is 0.336 e. The summed E-state index contributed by atoms with van der Waals surface area (Å²) < 4.78 is 5.29. The number of hydrogen-bond acceptors (Lipinski definition) is 3. The lowest BCUT2D eigenvalue weighted by atomic mass is 9.98. The number of carboxylic acids is 1. The molecule has 104 valence electrons. The van der Waals surface area contributed by atoms with Crippen LogP contribution in [0, 0.1) is 0 Å². The first-order valence-corrected chi connectivity index (χ1v) is 6.22. The van der Waals surface area contributed by atoms with Crippen molar-refractivity contribution in [2.45, 2.75) is 0 Å². The summed E-state index contributed by atoms with van der Waals surface area (Å²) in [5.74, 6) is -0.405. The van der Waals surface area contributed by atoms with Gasteiger partial charge in [-0.2, -0.15) is 0 Å². The third-order valence-corrected chi connectivity index (χ3v) is 3.15. The summed E-state index contributed by atoms with van der Waals surface area (Å²) >= 11 is 0. The monoisotopic (exact) mass is 271 g/mol. The largest absolute Gasteiger partial charge is 0.496 e. The molecule has 0 aromatic heterocycles. The van der Waals surface area contributed by atoms with E-state index in [1.54, 1.807) is 25.3 Å². The highest BCUT2D eigenvalue weighted by Crippen LogP contribution is 2.34. The molecular weight excluding hydrogens is 254 g/mol. The second-order valence-corrected chi connectivity index (χ2v) is 4.63. The van der Waals surface area contributed by atoms with E-state index in [0.29, 0.717) is 11.3 Å². The molecule has 2 aromatic carbocycles. The number of methoxy groups -OCH3 is 1. The summed E-state index contributed by atoms with van der Waals surface area (Å²) in [6.07, 6.45) is 0. The van der Waals surface area contributed by atoms with Gasteiger partial charge < -0.3 is 14.7 Å². The van der Waals surface area contributed by atoms with E-state index in [0.717, 1.165) is 11.3 Å². The zero-order valence-corrected chi connectivity index (χ0v) is 11.8. The van der Waals surface area contributed by atoms with Crippen molar-refractivity contribution >= 4 is 11.7 Å². The quantitative estimate of drug-likeness (QED) is 0.928. The zero-order valence-electron chi connectivity index (χ0n) is 11.8. The van der Waals surface area contributed by atoms with Crippen LogP contribution in [0.15, 0.2) is 42.5 Å². The van der Waals surface area contributed by atoms with Gasteiger partial charge >= 0.3 is 5.97 Å². The molecule has 2 aromatic rings. The van der Waals surface area contributed by atoms with E-state index >= 15 is 0 Å². The van der Waals surface area contributed by atoms with Gasteiger partial charge in [0.05, 0.1) is 12.7 Å². The Morgan fingerprint density at radius 3 is 2.25 bits per heavy atom. The molecular formula is C16H17NO3. The maximum absolute atomic E-state index is 11.4. The summed E-state index contributed by atoms with van der Waals surface area (Å²) in [5, 5.41) is 9.33. The Morgan fingerprint density at radius 2 is 1.75 bits per heavy atom. The fourth-order valence-electron chi connectivity index (χ4n) is 2.10. The number of carboxylic acid groups (broad SMARTS) is 1. The molecule has 0 aliphatic carbocycles. The van der Waals surface area contributed by atoms with Gasteiger partial charge in [-0.25, -0.2) is 4.79 Å². The zero-order chi connectivity index (χ0) is 14.7. The predicted octanol–water partition coefficient (Wildman–Crippen LogP) is 3.13. The molecule has 0 fully saturated rings. The van der Waals surface area contributed by atoms with Crippen LogP contribution in [0.1, 0.15) is 10.4 Å². The van der Waals surface area contributed by atoms with E-state index in [9.17, 15) is 9.90 Å². The van der Waals surface area contributed by atoms with Crippen LogP contribution in [-0.2, 0) is 0 Å². The molecule has 20 heavy (non-hydrogen) atoms. The highest BCUT2D eigenvalue weighted by atomic mass is 16.5. The minimum absolute atomic E-state index is 0.238. The van der Waals surface area contributed by atoms with Crippen LogP contribution < -0.4 is 9.64 Å². The Kier molecular flexibility index (Phi) is 3.94. The van der Waals surface area contributed by atoms with Crippen molar-refractivity contribution in [3.8, 4) is 16.9 Å². The molecule has 0 unspecified atom stereocenters. The molecule has 4 nitrogen and oxygen atoms in total. The Balaban J connectivity index is 2.58. The number of anilines is 1. The average molecular weight is 271 g/mol. The van der Waals surface area contributed by atoms with Crippen molar-refractivity contribution < 1.29 is 14.6 Å². The van der Waals surface area contributed by atoms with Crippen LogP contribution in [0.2, 0.25) is 0 Å². The minimum Gasteiger partial charge on any atom is -0.496 e. The van der Waals surface area contributed by atoms with E-state index in [1.807, 2.05) is 43.3 Å². The number of benzene rings is 2. The Labute approximate surface area is 118 Å². The molecule has 0 aliphatic heterocycles. The van der Waals surface area contributed by atoms with Gasteiger partial charge in [-0.15, -0.1) is 0 Å². The van der Waals surface area contributed by atoms with Gasteiger partial charge in [0.2, 0.25) is 0 Å². The molecule has 0 saturated carbocycles. The summed E-state index contributed by atoms with van der Waals surface area (Å²) in [6, 6.07) is 12.7. The smallest absolute Gasteiger partial charge is 0.336 e. The third-order valence-electron chi connectivity index (χ3n) is 3.15. The average Bonchev–Trinajstić information content (AvgIpc) is 2.46. The molecule has 0 aliphatic rings. The number of aromatic carboxylic acids is 1. The fourth-order valence-corrected chi connectivity index (χ4v) is 2.10. The number of hydrogen-bond donors (Lipinski definition) is 1. The van der Waals surface area contributed by atoms with E-state index in [4.69, 9.17) is 4.74 Å². The molecule has 2 rings (SSSR count). The molecule has 1 N–H and O–H groups in total. The van der Waals surface area contributed by atoms with Gasteiger partial charge in [0, 0.05) is 25.3 Å². The molecule has 0 amide bonds. The highest BCUT2D eigenvalue weighted by Gasteiger charge is 2.16. The molecule has 0 atom stereocenters. The van der Waals surface area contributed by atoms with Crippen molar-refractivity contribution in [2.75, 3.05) is 26.1 Å². The third kappa shape index (κ3) is 2.59. The normalized spacial score (nSPS) is 10.2. The van der Waals surface area contributed by atoms with Crippen molar-refractivity contribution in [3.63, 3.8) is 0 Å². The predicted molar refractivity (Wildman–Crippen MR) is 79.7 cm³/mol. The summed E-state index contributed by atoms with van der Waals surface area (Å²) in [5.41, 5.74) is 2.72.